The Kier molecular flexibility index (Phi) is 5.16. The highest BCUT2D eigenvalue weighted by Gasteiger charge is 2.18. The third-order valence-corrected chi connectivity index (χ3v) is 4.17. The maximum absolute atomic E-state index is 13.6. The molecular weight excluding hydrogens is 401 g/mol. The number of carbonyl (C=O) groups excluding carboxylic acids is 1. The van der Waals surface area contributed by atoms with E-state index in [1.54, 1.807) is 0 Å². The second kappa shape index (κ2) is 7.38. The Bertz CT molecular complexity index is 1110. The molecule has 3 N–H and O–H groups in total. The molecule has 1 heterocycles. The van der Waals surface area contributed by atoms with Crippen LogP contribution in [0.25, 0.3) is 17.0 Å². The maximum atomic E-state index is 13.6. The number of carboxylic acid groups (broad SMARTS) is 1. The third-order valence-electron chi connectivity index (χ3n) is 3.66. The zero-order valence-electron chi connectivity index (χ0n) is 13.3. The summed E-state index contributed by atoms with van der Waals surface area (Å²) in [6, 6.07) is 5.64. The lowest BCUT2D eigenvalue weighted by Gasteiger charge is -2.03. The molecule has 3 rings (SSSR count). The predicted octanol–water partition coefficient (Wildman–Crippen LogP) is 5.10. The highest BCUT2D eigenvalue weighted by atomic mass is 35.5. The fourth-order valence-corrected chi connectivity index (χ4v) is 3.13. The van der Waals surface area contributed by atoms with Crippen molar-refractivity contribution in [2.24, 2.45) is 0 Å². The molecule has 0 aliphatic rings. The Morgan fingerprint density at radius 1 is 1.15 bits per heavy atom. The van der Waals surface area contributed by atoms with Gasteiger partial charge in [-0.1, -0.05) is 23.2 Å². The predicted molar refractivity (Wildman–Crippen MR) is 99.3 cm³/mol. The van der Waals surface area contributed by atoms with Gasteiger partial charge in [-0.25, -0.2) is 13.6 Å². The van der Waals surface area contributed by atoms with Crippen molar-refractivity contribution >= 4 is 57.7 Å². The number of fused-ring (bicyclic) bond motifs is 1. The standard InChI is InChI=1S/C18H10Cl2F2N2O3/c19-8-5-11(20)16-10(17(18(26)27)24-14(16)6-8)2-4-15(25)23-13-3-1-9(21)7-12(13)22/h1-7,24H,(H,23,25)(H,26,27). The van der Waals surface area contributed by atoms with E-state index in [4.69, 9.17) is 23.2 Å². The number of nitrogens with one attached hydrogen (secondary N) is 2. The van der Waals surface area contributed by atoms with Gasteiger partial charge in [-0.3, -0.25) is 4.79 Å². The van der Waals surface area contributed by atoms with Crippen LogP contribution in [-0.2, 0) is 4.79 Å². The van der Waals surface area contributed by atoms with Gasteiger partial charge in [-0.2, -0.15) is 0 Å². The molecule has 3 aromatic rings. The number of H-pyrrole nitrogens is 1. The summed E-state index contributed by atoms with van der Waals surface area (Å²) in [5, 5.41) is 12.5. The highest BCUT2D eigenvalue weighted by Crippen LogP contribution is 2.33. The molecule has 0 unspecified atom stereocenters. The minimum atomic E-state index is -1.26. The summed E-state index contributed by atoms with van der Waals surface area (Å²) in [5.74, 6) is -3.72. The van der Waals surface area contributed by atoms with Crippen LogP contribution in [0.1, 0.15) is 16.1 Å². The summed E-state index contributed by atoms with van der Waals surface area (Å²) >= 11 is 12.1. The van der Waals surface area contributed by atoms with Crippen molar-refractivity contribution in [3.8, 4) is 0 Å². The quantitative estimate of drug-likeness (QED) is 0.523. The van der Waals surface area contributed by atoms with Crippen LogP contribution in [0, 0.1) is 11.6 Å². The van der Waals surface area contributed by atoms with Crippen molar-refractivity contribution in [2.45, 2.75) is 0 Å². The molecule has 0 spiro atoms. The van der Waals surface area contributed by atoms with Gasteiger partial charge in [0.25, 0.3) is 0 Å². The molecule has 0 bridgehead atoms. The number of benzene rings is 2. The SMILES string of the molecule is O=C(C=Cc1c(C(=O)O)[nH]c2cc(Cl)cc(Cl)c12)Nc1ccc(F)cc1F. The van der Waals surface area contributed by atoms with Crippen molar-refractivity contribution in [3.63, 3.8) is 0 Å². The summed E-state index contributed by atoms with van der Waals surface area (Å²) in [7, 11) is 0. The summed E-state index contributed by atoms with van der Waals surface area (Å²) in [6.07, 6.45) is 2.25. The number of aromatic carboxylic acids is 1. The van der Waals surface area contributed by atoms with E-state index in [0.717, 1.165) is 18.2 Å². The lowest BCUT2D eigenvalue weighted by atomic mass is 10.1. The summed E-state index contributed by atoms with van der Waals surface area (Å²) in [6.45, 7) is 0. The van der Waals surface area contributed by atoms with Crippen molar-refractivity contribution in [2.75, 3.05) is 5.32 Å². The Morgan fingerprint density at radius 3 is 2.56 bits per heavy atom. The van der Waals surface area contributed by atoms with Gasteiger partial charge in [-0.05, 0) is 30.3 Å². The Hall–Kier alpha value is -2.90. The van der Waals surface area contributed by atoms with Crippen LogP contribution in [0.3, 0.4) is 0 Å². The van der Waals surface area contributed by atoms with E-state index < -0.39 is 23.5 Å². The molecule has 138 valence electrons. The number of carboxylic acids is 1. The molecule has 5 nitrogen and oxygen atoms in total. The molecule has 0 atom stereocenters. The van der Waals surface area contributed by atoms with E-state index in [9.17, 15) is 23.5 Å². The summed E-state index contributed by atoms with van der Waals surface area (Å²) in [4.78, 5) is 26.2. The van der Waals surface area contributed by atoms with Crippen LogP contribution in [0.5, 0.6) is 0 Å². The minimum Gasteiger partial charge on any atom is -0.477 e. The Morgan fingerprint density at radius 2 is 1.89 bits per heavy atom. The van der Waals surface area contributed by atoms with Crippen LogP contribution in [0.4, 0.5) is 14.5 Å². The molecule has 0 fully saturated rings. The van der Waals surface area contributed by atoms with Gasteiger partial charge in [0.1, 0.15) is 17.3 Å². The van der Waals surface area contributed by atoms with Gasteiger partial charge in [0, 0.05) is 33.6 Å². The molecule has 27 heavy (non-hydrogen) atoms. The van der Waals surface area contributed by atoms with Gasteiger partial charge in [-0.15, -0.1) is 0 Å². The first-order valence-corrected chi connectivity index (χ1v) is 8.20. The second-order valence-corrected chi connectivity index (χ2v) is 6.32. The zero-order valence-corrected chi connectivity index (χ0v) is 14.8. The number of amides is 1. The van der Waals surface area contributed by atoms with Crippen LogP contribution in [0.15, 0.2) is 36.4 Å². The molecular formula is C18H10Cl2F2N2O3. The third kappa shape index (κ3) is 3.94. The van der Waals surface area contributed by atoms with Gasteiger partial charge in [0.05, 0.1) is 10.7 Å². The van der Waals surface area contributed by atoms with Gasteiger partial charge in [0.15, 0.2) is 0 Å². The van der Waals surface area contributed by atoms with Crippen molar-refractivity contribution in [1.29, 1.82) is 0 Å². The summed E-state index contributed by atoms with van der Waals surface area (Å²) < 4.78 is 26.5. The largest absolute Gasteiger partial charge is 0.477 e. The fraction of sp³-hybridized carbons (Fsp3) is 0. The molecule has 0 radical (unpaired) electrons. The van der Waals surface area contributed by atoms with Crippen LogP contribution in [0.2, 0.25) is 10.0 Å². The molecule has 0 saturated carbocycles. The molecule has 1 amide bonds. The van der Waals surface area contributed by atoms with E-state index in [1.807, 2.05) is 0 Å². The number of halogens is 4. The number of anilines is 1. The van der Waals surface area contributed by atoms with Crippen molar-refractivity contribution < 1.29 is 23.5 Å². The molecule has 2 aromatic carbocycles. The van der Waals surface area contributed by atoms with Gasteiger partial charge < -0.3 is 15.4 Å². The maximum Gasteiger partial charge on any atom is 0.352 e. The zero-order chi connectivity index (χ0) is 19.7. The van der Waals surface area contributed by atoms with E-state index in [-0.39, 0.29) is 22.0 Å². The lowest BCUT2D eigenvalue weighted by Crippen LogP contribution is -2.09. The molecule has 1 aromatic heterocycles. The van der Waals surface area contributed by atoms with E-state index in [2.05, 4.69) is 10.3 Å². The Labute approximate surface area is 161 Å². The number of carbonyl (C=O) groups is 2. The molecule has 0 aliphatic heterocycles. The van der Waals surface area contributed by atoms with Gasteiger partial charge >= 0.3 is 5.97 Å². The number of aromatic nitrogens is 1. The first-order chi connectivity index (χ1) is 12.8. The minimum absolute atomic E-state index is 0.161. The molecule has 9 heteroatoms. The number of hydrogen-bond donors (Lipinski definition) is 3. The fourth-order valence-electron chi connectivity index (χ4n) is 2.53. The monoisotopic (exact) mass is 410 g/mol. The average Bonchev–Trinajstić information content (AvgIpc) is 2.94. The molecule has 0 saturated heterocycles. The number of rotatable bonds is 4. The second-order valence-electron chi connectivity index (χ2n) is 5.48. The summed E-state index contributed by atoms with van der Waals surface area (Å²) in [5.41, 5.74) is 0.142. The first kappa shape index (κ1) is 18.9. The van der Waals surface area contributed by atoms with Crippen LogP contribution >= 0.6 is 23.2 Å². The first-order valence-electron chi connectivity index (χ1n) is 7.44. The molecule has 0 aliphatic carbocycles. The Balaban J connectivity index is 1.96. The van der Waals surface area contributed by atoms with Crippen molar-refractivity contribution in [3.05, 3.63) is 69.3 Å². The van der Waals surface area contributed by atoms with E-state index in [0.29, 0.717) is 22.0 Å². The van der Waals surface area contributed by atoms with E-state index >= 15 is 0 Å². The van der Waals surface area contributed by atoms with Gasteiger partial charge in [0.2, 0.25) is 5.91 Å². The van der Waals surface area contributed by atoms with Crippen molar-refractivity contribution in [1.82, 2.24) is 4.98 Å². The van der Waals surface area contributed by atoms with E-state index in [1.165, 1.54) is 18.2 Å². The lowest BCUT2D eigenvalue weighted by molar-refractivity contribution is -0.111. The highest BCUT2D eigenvalue weighted by molar-refractivity contribution is 6.39. The smallest absolute Gasteiger partial charge is 0.352 e. The van der Waals surface area contributed by atoms with Crippen LogP contribution in [-0.4, -0.2) is 22.0 Å². The average molecular weight is 411 g/mol. The normalized spacial score (nSPS) is 11.3. The topological polar surface area (TPSA) is 82.2 Å². The number of aromatic amines is 1. The number of hydrogen-bond acceptors (Lipinski definition) is 2. The van der Waals surface area contributed by atoms with Crippen LogP contribution < -0.4 is 5.32 Å².